The molecular weight excluding hydrogens is 119 g/mol. The molecule has 0 fully saturated rings. The van der Waals surface area contributed by atoms with Gasteiger partial charge in [-0.15, -0.1) is 8.58 Å². The summed E-state index contributed by atoms with van der Waals surface area (Å²) in [6.07, 6.45) is 0. The topological polar surface area (TPSA) is 38.0 Å². The van der Waals surface area contributed by atoms with Crippen molar-refractivity contribution in [2.75, 3.05) is 19.9 Å². The van der Waals surface area contributed by atoms with E-state index in [2.05, 4.69) is 18.9 Å². The third-order valence-electron chi connectivity index (χ3n) is 1.09. The Labute approximate surface area is 53.0 Å². The van der Waals surface area contributed by atoms with Crippen molar-refractivity contribution in [3.05, 3.63) is 0 Å². The molecule has 2 unspecified atom stereocenters. The molecule has 0 aliphatic heterocycles. The van der Waals surface area contributed by atoms with Crippen LogP contribution in [0.3, 0.4) is 0 Å². The average Bonchev–Trinajstić information content (AvgIpc) is 1.83. The lowest BCUT2D eigenvalue weighted by molar-refractivity contribution is 0.696. The second-order valence-corrected chi connectivity index (χ2v) is 3.41. The van der Waals surface area contributed by atoms with Gasteiger partial charge in [-0.05, 0) is 12.3 Å². The van der Waals surface area contributed by atoms with Crippen LogP contribution in [0.4, 0.5) is 0 Å². The van der Waals surface area contributed by atoms with Gasteiger partial charge in [0.15, 0.2) is 0 Å². The molecule has 0 saturated heterocycles. The maximum atomic E-state index is 5.22. The summed E-state index contributed by atoms with van der Waals surface area (Å²) in [5.41, 5.74) is 6.01. The summed E-state index contributed by atoms with van der Waals surface area (Å²) < 4.78 is 0. The zero-order valence-corrected chi connectivity index (χ0v) is 6.57. The molecule has 3 N–H and O–H groups in total. The van der Waals surface area contributed by atoms with Crippen LogP contribution in [0.25, 0.3) is 0 Å². The molecule has 0 bridgehead atoms. The molecule has 0 aliphatic rings. The number of nitrogens with one attached hydrogen (secondary N) is 1. The quantitative estimate of drug-likeness (QED) is 0.425. The predicted molar refractivity (Wildman–Crippen MR) is 40.8 cm³/mol. The largest absolute Gasteiger partial charge is 0.318 e. The molecule has 2 nitrogen and oxygen atoms in total. The fraction of sp³-hybridized carbons (Fsp3) is 1.00. The zero-order chi connectivity index (χ0) is 6.41. The molecule has 8 heavy (non-hydrogen) atoms. The normalized spacial score (nSPS) is 15.4. The summed E-state index contributed by atoms with van der Waals surface area (Å²) in [6, 6.07) is 0. The highest BCUT2D eigenvalue weighted by Gasteiger charge is 1.93. The van der Waals surface area contributed by atoms with Crippen molar-refractivity contribution in [3.63, 3.8) is 0 Å². The van der Waals surface area contributed by atoms with Gasteiger partial charge < -0.3 is 11.1 Å². The Morgan fingerprint density at radius 3 is 2.75 bits per heavy atom. The van der Waals surface area contributed by atoms with E-state index in [0.29, 0.717) is 6.67 Å². The third kappa shape index (κ3) is 4.51. The minimum atomic E-state index is 0.606. The molecule has 0 aliphatic carbocycles. The number of hydrogen-bond acceptors (Lipinski definition) is 2. The molecule has 0 aromatic carbocycles. The van der Waals surface area contributed by atoms with Gasteiger partial charge in [0.1, 0.15) is 0 Å². The highest BCUT2D eigenvalue weighted by Crippen LogP contribution is 2.10. The minimum absolute atomic E-state index is 0.606. The van der Waals surface area contributed by atoms with Gasteiger partial charge in [0.2, 0.25) is 0 Å². The number of nitrogens with two attached hydrogens (primary N) is 1. The fourth-order valence-electron chi connectivity index (χ4n) is 0.402. The zero-order valence-electron chi connectivity index (χ0n) is 5.57. The van der Waals surface area contributed by atoms with E-state index in [0.717, 1.165) is 20.8 Å². The Hall–Kier alpha value is 0.350. The molecule has 0 heterocycles. The average molecular weight is 134 g/mol. The number of hydrogen-bond donors (Lipinski definition) is 2. The van der Waals surface area contributed by atoms with Gasteiger partial charge >= 0.3 is 0 Å². The van der Waals surface area contributed by atoms with Crippen molar-refractivity contribution >= 4 is 8.58 Å². The lowest BCUT2D eigenvalue weighted by atomic mass is 10.5. The smallest absolute Gasteiger partial charge is 0.0428 e. The monoisotopic (exact) mass is 134 g/mol. The molecule has 0 aromatic rings. The molecule has 0 rings (SSSR count). The molecule has 0 aromatic heterocycles. The summed E-state index contributed by atoms with van der Waals surface area (Å²) in [4.78, 5) is 0. The van der Waals surface area contributed by atoms with E-state index in [-0.39, 0.29) is 0 Å². The third-order valence-corrected chi connectivity index (χ3v) is 2.28. The summed E-state index contributed by atoms with van der Waals surface area (Å²) in [5.74, 6) is 0. The van der Waals surface area contributed by atoms with Crippen LogP contribution < -0.4 is 11.1 Å². The summed E-state index contributed by atoms with van der Waals surface area (Å²) in [5, 5.41) is 3.08. The van der Waals surface area contributed by atoms with Crippen molar-refractivity contribution in [1.82, 2.24) is 5.32 Å². The lowest BCUT2D eigenvalue weighted by Gasteiger charge is -2.06. The van der Waals surface area contributed by atoms with Crippen LogP contribution in [0.2, 0.25) is 0 Å². The molecule has 3 heteroatoms. The standard InChI is InChI=1S/C5H15N2P/c1-5(8-2)3-7-4-6/h5,7-8H,3-4,6H2,1-2H3. The Balaban J connectivity index is 2.86. The van der Waals surface area contributed by atoms with E-state index >= 15 is 0 Å². The van der Waals surface area contributed by atoms with Crippen LogP contribution in [-0.2, 0) is 0 Å². The first-order chi connectivity index (χ1) is 3.81. The van der Waals surface area contributed by atoms with Crippen molar-refractivity contribution in [2.24, 2.45) is 5.73 Å². The molecule has 0 amide bonds. The van der Waals surface area contributed by atoms with Gasteiger partial charge in [-0.2, -0.15) is 0 Å². The summed E-state index contributed by atoms with van der Waals surface area (Å²) >= 11 is 0. The van der Waals surface area contributed by atoms with Crippen LogP contribution >= 0.6 is 8.58 Å². The second kappa shape index (κ2) is 5.49. The Morgan fingerprint density at radius 1 is 1.75 bits per heavy atom. The highest BCUT2D eigenvalue weighted by atomic mass is 31.1. The Kier molecular flexibility index (Phi) is 5.73. The van der Waals surface area contributed by atoms with E-state index in [4.69, 9.17) is 5.73 Å². The van der Waals surface area contributed by atoms with E-state index in [9.17, 15) is 0 Å². The first kappa shape index (κ1) is 8.35. The second-order valence-electron chi connectivity index (χ2n) is 1.85. The van der Waals surface area contributed by atoms with E-state index in [1.807, 2.05) is 0 Å². The molecule has 0 spiro atoms. The predicted octanol–water partition coefficient (Wildman–Crippen LogP) is 0.189. The lowest BCUT2D eigenvalue weighted by Crippen LogP contribution is -2.27. The van der Waals surface area contributed by atoms with Crippen molar-refractivity contribution in [1.29, 1.82) is 0 Å². The van der Waals surface area contributed by atoms with E-state index in [1.165, 1.54) is 0 Å². The Bertz CT molecular complexity index is 49.7. The SMILES string of the molecule is CPC(C)CNCN. The van der Waals surface area contributed by atoms with Gasteiger partial charge in [-0.25, -0.2) is 0 Å². The van der Waals surface area contributed by atoms with Crippen LogP contribution in [0, 0.1) is 0 Å². The van der Waals surface area contributed by atoms with Crippen LogP contribution in [0.1, 0.15) is 6.92 Å². The van der Waals surface area contributed by atoms with Crippen LogP contribution in [0.5, 0.6) is 0 Å². The first-order valence-electron chi connectivity index (χ1n) is 2.89. The maximum absolute atomic E-state index is 5.22. The van der Waals surface area contributed by atoms with Gasteiger partial charge in [0.25, 0.3) is 0 Å². The van der Waals surface area contributed by atoms with E-state index < -0.39 is 0 Å². The van der Waals surface area contributed by atoms with Crippen LogP contribution in [-0.4, -0.2) is 25.5 Å². The fourth-order valence-corrected chi connectivity index (χ4v) is 0.750. The molecule has 50 valence electrons. The van der Waals surface area contributed by atoms with Crippen LogP contribution in [0.15, 0.2) is 0 Å². The molecular formula is C5H15N2P. The van der Waals surface area contributed by atoms with E-state index in [1.54, 1.807) is 0 Å². The van der Waals surface area contributed by atoms with Gasteiger partial charge in [-0.1, -0.05) is 6.92 Å². The van der Waals surface area contributed by atoms with Crippen molar-refractivity contribution < 1.29 is 0 Å². The Morgan fingerprint density at radius 2 is 2.38 bits per heavy atom. The van der Waals surface area contributed by atoms with Gasteiger partial charge in [-0.3, -0.25) is 0 Å². The maximum Gasteiger partial charge on any atom is 0.0428 e. The van der Waals surface area contributed by atoms with Gasteiger partial charge in [0.05, 0.1) is 0 Å². The van der Waals surface area contributed by atoms with Crippen molar-refractivity contribution in [2.45, 2.75) is 12.6 Å². The van der Waals surface area contributed by atoms with Crippen molar-refractivity contribution in [3.8, 4) is 0 Å². The molecule has 2 atom stereocenters. The summed E-state index contributed by atoms with van der Waals surface area (Å²) in [7, 11) is 1.02. The summed E-state index contributed by atoms with van der Waals surface area (Å²) in [6.45, 7) is 6.10. The van der Waals surface area contributed by atoms with Gasteiger partial charge in [0, 0.05) is 13.2 Å². The highest BCUT2D eigenvalue weighted by molar-refractivity contribution is 7.37. The molecule has 0 saturated carbocycles. The first-order valence-corrected chi connectivity index (χ1v) is 4.47. The minimum Gasteiger partial charge on any atom is -0.318 e. The molecule has 0 radical (unpaired) electrons. The number of rotatable bonds is 4.